The van der Waals surface area contributed by atoms with Crippen molar-refractivity contribution in [3.63, 3.8) is 0 Å². The molecule has 0 aromatic heterocycles. The Labute approximate surface area is 140 Å². The van der Waals surface area contributed by atoms with E-state index < -0.39 is 10.0 Å². The maximum Gasteiger partial charge on any atom is 0.240 e. The molecule has 1 rings (SSSR count). The molecule has 0 saturated heterocycles. The highest BCUT2D eigenvalue weighted by Crippen LogP contribution is 2.14. The number of hydrogen-bond donors (Lipinski definition) is 3. The van der Waals surface area contributed by atoms with Crippen molar-refractivity contribution < 1.29 is 13.2 Å². The first-order valence-electron chi connectivity index (χ1n) is 7.18. The summed E-state index contributed by atoms with van der Waals surface area (Å²) >= 11 is 3.25. The van der Waals surface area contributed by atoms with E-state index in [-0.39, 0.29) is 23.8 Å². The number of amides is 1. The summed E-state index contributed by atoms with van der Waals surface area (Å²) in [6.07, 6.45) is 1.16. The molecule has 8 heteroatoms. The third kappa shape index (κ3) is 7.35. The standard InChI is InChI=1S/C14H22BrN3O3S/c1-2-8-16-10-11-17-14(19)7-9-18-22(20,21)13-5-3-12(15)4-6-13/h3-6,16,18H,2,7-11H2,1H3,(H,17,19). The maximum absolute atomic E-state index is 12.0. The van der Waals surface area contributed by atoms with Crippen molar-refractivity contribution >= 4 is 31.9 Å². The Morgan fingerprint density at radius 2 is 1.77 bits per heavy atom. The molecular formula is C14H22BrN3O3S. The van der Waals surface area contributed by atoms with Crippen LogP contribution in [0.2, 0.25) is 0 Å². The molecule has 0 fully saturated rings. The Morgan fingerprint density at radius 1 is 1.09 bits per heavy atom. The van der Waals surface area contributed by atoms with E-state index in [1.807, 2.05) is 0 Å². The fourth-order valence-electron chi connectivity index (χ4n) is 1.68. The lowest BCUT2D eigenvalue weighted by Crippen LogP contribution is -2.34. The summed E-state index contributed by atoms with van der Waals surface area (Å²) in [6, 6.07) is 6.33. The van der Waals surface area contributed by atoms with Crippen LogP contribution in [0, 0.1) is 0 Å². The normalized spacial score (nSPS) is 11.4. The smallest absolute Gasteiger partial charge is 0.240 e. The molecule has 1 amide bonds. The Hall–Kier alpha value is -0.960. The topological polar surface area (TPSA) is 87.3 Å². The van der Waals surface area contributed by atoms with E-state index in [0.717, 1.165) is 17.4 Å². The number of carbonyl (C=O) groups is 1. The van der Waals surface area contributed by atoms with Gasteiger partial charge in [-0.2, -0.15) is 0 Å². The molecule has 0 unspecified atom stereocenters. The summed E-state index contributed by atoms with van der Waals surface area (Å²) < 4.78 is 27.2. The van der Waals surface area contributed by atoms with E-state index in [1.165, 1.54) is 12.1 Å². The lowest BCUT2D eigenvalue weighted by molar-refractivity contribution is -0.120. The van der Waals surface area contributed by atoms with Crippen LogP contribution in [0.3, 0.4) is 0 Å². The van der Waals surface area contributed by atoms with Crippen molar-refractivity contribution in [2.24, 2.45) is 0 Å². The third-order valence-electron chi connectivity index (χ3n) is 2.82. The van der Waals surface area contributed by atoms with Gasteiger partial charge in [0.25, 0.3) is 0 Å². The SMILES string of the molecule is CCCNCCNC(=O)CCNS(=O)(=O)c1ccc(Br)cc1. The van der Waals surface area contributed by atoms with Crippen LogP contribution in [0.5, 0.6) is 0 Å². The minimum atomic E-state index is -3.57. The predicted octanol–water partition coefficient (Wildman–Crippen LogP) is 1.23. The second-order valence-corrected chi connectivity index (χ2v) is 7.38. The van der Waals surface area contributed by atoms with Gasteiger partial charge < -0.3 is 10.6 Å². The summed E-state index contributed by atoms with van der Waals surface area (Å²) in [6.45, 7) is 4.32. The summed E-state index contributed by atoms with van der Waals surface area (Å²) in [7, 11) is -3.57. The van der Waals surface area contributed by atoms with Crippen LogP contribution in [0.25, 0.3) is 0 Å². The average Bonchev–Trinajstić information content (AvgIpc) is 2.47. The van der Waals surface area contributed by atoms with E-state index in [4.69, 9.17) is 0 Å². The summed E-state index contributed by atoms with van der Waals surface area (Å²) in [4.78, 5) is 11.7. The molecule has 3 N–H and O–H groups in total. The molecule has 0 heterocycles. The highest BCUT2D eigenvalue weighted by molar-refractivity contribution is 9.10. The van der Waals surface area contributed by atoms with E-state index in [0.29, 0.717) is 13.1 Å². The second kappa shape index (κ2) is 9.94. The Kier molecular flexibility index (Phi) is 8.62. The maximum atomic E-state index is 12.0. The second-order valence-electron chi connectivity index (χ2n) is 4.70. The zero-order valence-electron chi connectivity index (χ0n) is 12.6. The van der Waals surface area contributed by atoms with Gasteiger partial charge in [0.1, 0.15) is 0 Å². The van der Waals surface area contributed by atoms with Gasteiger partial charge in [0, 0.05) is 30.5 Å². The molecule has 6 nitrogen and oxygen atoms in total. The molecule has 0 radical (unpaired) electrons. The minimum absolute atomic E-state index is 0.0760. The third-order valence-corrected chi connectivity index (χ3v) is 4.82. The Balaban J connectivity index is 2.28. The first-order valence-corrected chi connectivity index (χ1v) is 9.46. The molecule has 1 aromatic carbocycles. The van der Waals surface area contributed by atoms with Crippen molar-refractivity contribution in [2.45, 2.75) is 24.7 Å². The van der Waals surface area contributed by atoms with Crippen LogP contribution in [0.4, 0.5) is 0 Å². The fraction of sp³-hybridized carbons (Fsp3) is 0.500. The predicted molar refractivity (Wildman–Crippen MR) is 90.1 cm³/mol. The van der Waals surface area contributed by atoms with E-state index in [9.17, 15) is 13.2 Å². The fourth-order valence-corrected chi connectivity index (χ4v) is 2.97. The molecule has 0 atom stereocenters. The van der Waals surface area contributed by atoms with Gasteiger partial charge >= 0.3 is 0 Å². The van der Waals surface area contributed by atoms with E-state index >= 15 is 0 Å². The summed E-state index contributed by atoms with van der Waals surface area (Å²) in [5.41, 5.74) is 0. The number of halogens is 1. The number of benzene rings is 1. The van der Waals surface area contributed by atoms with Crippen molar-refractivity contribution in [3.8, 4) is 0 Å². The molecule has 22 heavy (non-hydrogen) atoms. The lowest BCUT2D eigenvalue weighted by atomic mass is 10.4. The Morgan fingerprint density at radius 3 is 2.41 bits per heavy atom. The first kappa shape index (κ1) is 19.1. The average molecular weight is 392 g/mol. The van der Waals surface area contributed by atoms with Gasteiger partial charge in [-0.1, -0.05) is 22.9 Å². The highest BCUT2D eigenvalue weighted by Gasteiger charge is 2.13. The van der Waals surface area contributed by atoms with Gasteiger partial charge in [-0.3, -0.25) is 4.79 Å². The van der Waals surface area contributed by atoms with Crippen molar-refractivity contribution in [1.29, 1.82) is 0 Å². The van der Waals surface area contributed by atoms with Crippen LogP contribution in [0.15, 0.2) is 33.6 Å². The van der Waals surface area contributed by atoms with Crippen molar-refractivity contribution in [1.82, 2.24) is 15.4 Å². The van der Waals surface area contributed by atoms with Crippen molar-refractivity contribution in [2.75, 3.05) is 26.2 Å². The molecule has 0 aliphatic heterocycles. The van der Waals surface area contributed by atoms with Crippen LogP contribution in [0.1, 0.15) is 19.8 Å². The lowest BCUT2D eigenvalue weighted by Gasteiger charge is -2.08. The number of carbonyl (C=O) groups excluding carboxylic acids is 1. The van der Waals surface area contributed by atoms with Gasteiger partial charge in [0.05, 0.1) is 4.90 Å². The van der Waals surface area contributed by atoms with Gasteiger partial charge in [-0.25, -0.2) is 13.1 Å². The summed E-state index contributed by atoms with van der Waals surface area (Å²) in [5, 5.41) is 5.90. The number of nitrogens with one attached hydrogen (secondary N) is 3. The van der Waals surface area contributed by atoms with Gasteiger partial charge in [0.15, 0.2) is 0 Å². The minimum Gasteiger partial charge on any atom is -0.355 e. The quantitative estimate of drug-likeness (QED) is 0.523. The summed E-state index contributed by atoms with van der Waals surface area (Å²) in [5.74, 6) is -0.170. The molecule has 124 valence electrons. The monoisotopic (exact) mass is 391 g/mol. The van der Waals surface area contributed by atoms with E-state index in [2.05, 4.69) is 38.2 Å². The van der Waals surface area contributed by atoms with Gasteiger partial charge in [0.2, 0.25) is 15.9 Å². The first-order chi connectivity index (χ1) is 10.5. The van der Waals surface area contributed by atoms with Crippen LogP contribution in [-0.2, 0) is 14.8 Å². The van der Waals surface area contributed by atoms with Crippen molar-refractivity contribution in [3.05, 3.63) is 28.7 Å². The zero-order valence-corrected chi connectivity index (χ0v) is 15.0. The van der Waals surface area contributed by atoms with Gasteiger partial charge in [-0.05, 0) is 37.2 Å². The van der Waals surface area contributed by atoms with Gasteiger partial charge in [-0.15, -0.1) is 0 Å². The molecule has 1 aromatic rings. The molecule has 0 aliphatic rings. The van der Waals surface area contributed by atoms with E-state index in [1.54, 1.807) is 12.1 Å². The zero-order chi connectivity index (χ0) is 16.4. The molecule has 0 spiro atoms. The molecule has 0 saturated carbocycles. The van der Waals surface area contributed by atoms with Crippen LogP contribution >= 0.6 is 15.9 Å². The highest BCUT2D eigenvalue weighted by atomic mass is 79.9. The number of sulfonamides is 1. The van der Waals surface area contributed by atoms with Crippen LogP contribution in [-0.4, -0.2) is 40.5 Å². The largest absolute Gasteiger partial charge is 0.355 e. The Bertz CT molecular complexity index is 561. The molecule has 0 bridgehead atoms. The number of rotatable bonds is 10. The molecule has 0 aliphatic carbocycles. The van der Waals surface area contributed by atoms with Crippen LogP contribution < -0.4 is 15.4 Å². The molecular weight excluding hydrogens is 370 g/mol. The number of hydrogen-bond acceptors (Lipinski definition) is 4.